The van der Waals surface area contributed by atoms with Crippen molar-refractivity contribution in [3.63, 3.8) is 0 Å². The smallest absolute Gasteiger partial charge is 0.330 e. The topological polar surface area (TPSA) is 91.8 Å². The van der Waals surface area contributed by atoms with Gasteiger partial charge in [0.1, 0.15) is 17.8 Å². The summed E-state index contributed by atoms with van der Waals surface area (Å²) in [5.74, 6) is 0. The molecule has 0 unspecified atom stereocenters. The summed E-state index contributed by atoms with van der Waals surface area (Å²) in [5.41, 5.74) is 0.758. The number of H-pyrrole nitrogens is 1. The zero-order valence-electron chi connectivity index (χ0n) is 19.0. The number of aromatic nitrogens is 2. The van der Waals surface area contributed by atoms with Crippen LogP contribution in [0.25, 0.3) is 0 Å². The van der Waals surface area contributed by atoms with Gasteiger partial charge in [-0.15, -0.1) is 0 Å². The summed E-state index contributed by atoms with van der Waals surface area (Å²) in [5, 5.41) is 0. The molecule has 178 valence electrons. The number of aryl methyl sites for hydroxylation is 1. The van der Waals surface area contributed by atoms with E-state index in [2.05, 4.69) is 4.98 Å². The minimum atomic E-state index is -0.791. The number of rotatable bonds is 8. The second kappa shape index (κ2) is 9.68. The quantitative estimate of drug-likeness (QED) is 0.551. The monoisotopic (exact) mass is 464 g/mol. The molecule has 0 amide bonds. The van der Waals surface area contributed by atoms with Gasteiger partial charge in [0, 0.05) is 18.2 Å². The van der Waals surface area contributed by atoms with Gasteiger partial charge >= 0.3 is 5.69 Å². The summed E-state index contributed by atoms with van der Waals surface area (Å²) in [7, 11) is 0. The van der Waals surface area contributed by atoms with Gasteiger partial charge in [-0.25, -0.2) is 4.79 Å². The summed E-state index contributed by atoms with van der Waals surface area (Å²) >= 11 is 0. The Kier molecular flexibility index (Phi) is 6.47. The molecule has 0 spiro atoms. The van der Waals surface area contributed by atoms with Crippen molar-refractivity contribution in [2.24, 2.45) is 0 Å². The van der Waals surface area contributed by atoms with E-state index in [1.807, 2.05) is 60.7 Å². The van der Waals surface area contributed by atoms with Crippen LogP contribution in [-0.4, -0.2) is 40.6 Å². The zero-order chi connectivity index (χ0) is 23.5. The van der Waals surface area contributed by atoms with E-state index in [0.29, 0.717) is 31.8 Å². The maximum atomic E-state index is 12.7. The predicted octanol–water partition coefficient (Wildman–Crippen LogP) is 2.70. The van der Waals surface area contributed by atoms with Crippen LogP contribution in [0.15, 0.2) is 76.4 Å². The van der Waals surface area contributed by atoms with E-state index in [1.54, 1.807) is 6.92 Å². The summed E-state index contributed by atoms with van der Waals surface area (Å²) in [6.07, 6.45) is 0.349. The minimum absolute atomic E-state index is 0.287. The van der Waals surface area contributed by atoms with Gasteiger partial charge in [0.05, 0.1) is 26.4 Å². The van der Waals surface area contributed by atoms with E-state index in [4.69, 9.17) is 18.9 Å². The molecule has 0 aliphatic carbocycles. The number of fused-ring (bicyclic) bond motifs is 2. The van der Waals surface area contributed by atoms with Crippen LogP contribution in [0.5, 0.6) is 0 Å². The number of aromatic amines is 1. The van der Waals surface area contributed by atoms with Crippen LogP contribution in [0.4, 0.5) is 0 Å². The highest BCUT2D eigenvalue weighted by Gasteiger charge is 2.60. The number of nitrogens with one attached hydrogen (secondary N) is 1. The second-order valence-corrected chi connectivity index (χ2v) is 8.83. The first kappa shape index (κ1) is 22.7. The van der Waals surface area contributed by atoms with Crippen LogP contribution in [0.1, 0.15) is 29.3 Å². The Balaban J connectivity index is 1.42. The van der Waals surface area contributed by atoms with Crippen LogP contribution < -0.4 is 11.2 Å². The normalized spacial score (nSPS) is 26.0. The third kappa shape index (κ3) is 4.50. The maximum Gasteiger partial charge on any atom is 0.330 e. The first-order chi connectivity index (χ1) is 16.6. The molecule has 0 saturated carbocycles. The molecule has 2 saturated heterocycles. The summed E-state index contributed by atoms with van der Waals surface area (Å²) in [6, 6.07) is 19.8. The molecule has 3 aromatic rings. The van der Waals surface area contributed by atoms with Crippen molar-refractivity contribution in [3.05, 3.63) is 104 Å². The van der Waals surface area contributed by atoms with E-state index in [-0.39, 0.29) is 6.61 Å². The summed E-state index contributed by atoms with van der Waals surface area (Å²) < 4.78 is 26.5. The lowest BCUT2D eigenvalue weighted by Crippen LogP contribution is -2.53. The van der Waals surface area contributed by atoms with E-state index < -0.39 is 35.3 Å². The summed E-state index contributed by atoms with van der Waals surface area (Å²) in [6.45, 7) is 3.21. The van der Waals surface area contributed by atoms with Crippen molar-refractivity contribution < 1.29 is 18.9 Å². The van der Waals surface area contributed by atoms with Gasteiger partial charge in [0.25, 0.3) is 5.56 Å². The highest BCUT2D eigenvalue weighted by Crippen LogP contribution is 2.46. The lowest BCUT2D eigenvalue weighted by molar-refractivity contribution is -0.178. The molecule has 2 aliphatic heterocycles. The van der Waals surface area contributed by atoms with E-state index >= 15 is 0 Å². The van der Waals surface area contributed by atoms with Gasteiger partial charge in [0.15, 0.2) is 6.23 Å². The molecule has 4 atom stereocenters. The number of hydrogen-bond acceptors (Lipinski definition) is 6. The Morgan fingerprint density at radius 2 is 1.71 bits per heavy atom. The minimum Gasteiger partial charge on any atom is -0.374 e. The van der Waals surface area contributed by atoms with Gasteiger partial charge in [-0.1, -0.05) is 60.7 Å². The van der Waals surface area contributed by atoms with Crippen molar-refractivity contribution in [2.45, 2.75) is 50.6 Å². The van der Waals surface area contributed by atoms with Crippen molar-refractivity contribution in [1.29, 1.82) is 0 Å². The third-order valence-corrected chi connectivity index (χ3v) is 6.44. The summed E-state index contributed by atoms with van der Waals surface area (Å²) in [4.78, 5) is 26.9. The average molecular weight is 465 g/mol. The zero-order valence-corrected chi connectivity index (χ0v) is 19.0. The van der Waals surface area contributed by atoms with Gasteiger partial charge < -0.3 is 18.9 Å². The third-order valence-electron chi connectivity index (χ3n) is 6.44. The van der Waals surface area contributed by atoms with Gasteiger partial charge in [-0.3, -0.25) is 14.3 Å². The van der Waals surface area contributed by atoms with Gasteiger partial charge in [0.2, 0.25) is 0 Å². The second-order valence-electron chi connectivity index (χ2n) is 8.83. The number of hydrogen-bond donors (Lipinski definition) is 1. The molecular formula is C26H28N2O6. The van der Waals surface area contributed by atoms with Gasteiger partial charge in [-0.2, -0.15) is 0 Å². The molecular weight excluding hydrogens is 436 g/mol. The molecule has 5 rings (SSSR count). The Bertz CT molecular complexity index is 1230. The van der Waals surface area contributed by atoms with Gasteiger partial charge in [-0.05, 0) is 18.1 Å². The Morgan fingerprint density at radius 3 is 2.41 bits per heavy atom. The van der Waals surface area contributed by atoms with Crippen molar-refractivity contribution in [3.8, 4) is 0 Å². The Morgan fingerprint density at radius 1 is 1.03 bits per heavy atom. The number of nitrogens with zero attached hydrogens (tertiary/aromatic N) is 1. The van der Waals surface area contributed by atoms with Crippen molar-refractivity contribution in [1.82, 2.24) is 9.55 Å². The highest BCUT2D eigenvalue weighted by molar-refractivity contribution is 5.15. The molecule has 8 heteroatoms. The molecule has 2 fully saturated rings. The Hall–Kier alpha value is -3.04. The van der Waals surface area contributed by atoms with Crippen molar-refractivity contribution >= 4 is 0 Å². The molecule has 8 nitrogen and oxygen atoms in total. The standard InChI is InChI=1S/C26H28N2O6/c1-18-14-28(25(30)27-23(18)29)24-21-22(33-16-20-10-6-3-7-11-20)26(34-24,12-13-32-21)17-31-15-19-8-4-2-5-9-19/h2-11,14,21-22,24H,12-13,15-17H2,1H3,(H,27,29,30)/t21-,22+,24+,26+/m0/s1. The Labute approximate surface area is 197 Å². The van der Waals surface area contributed by atoms with Crippen LogP contribution in [0.2, 0.25) is 0 Å². The van der Waals surface area contributed by atoms with Crippen molar-refractivity contribution in [2.75, 3.05) is 13.2 Å². The molecule has 2 bridgehead atoms. The van der Waals surface area contributed by atoms with E-state index in [9.17, 15) is 9.59 Å². The molecule has 0 radical (unpaired) electrons. The van der Waals surface area contributed by atoms with E-state index in [1.165, 1.54) is 10.8 Å². The lowest BCUT2D eigenvalue weighted by Gasteiger charge is -2.38. The maximum absolute atomic E-state index is 12.7. The fourth-order valence-electron chi connectivity index (χ4n) is 4.66. The van der Waals surface area contributed by atoms with Crippen LogP contribution in [0, 0.1) is 6.92 Å². The molecule has 34 heavy (non-hydrogen) atoms. The lowest BCUT2D eigenvalue weighted by atomic mass is 9.90. The largest absolute Gasteiger partial charge is 0.374 e. The molecule has 3 heterocycles. The molecule has 2 aromatic carbocycles. The predicted molar refractivity (Wildman–Crippen MR) is 124 cm³/mol. The fourth-order valence-corrected chi connectivity index (χ4v) is 4.66. The van der Waals surface area contributed by atoms with Crippen LogP contribution in [0.3, 0.4) is 0 Å². The van der Waals surface area contributed by atoms with Crippen LogP contribution >= 0.6 is 0 Å². The average Bonchev–Trinajstić information content (AvgIpc) is 3.01. The first-order valence-corrected chi connectivity index (χ1v) is 11.4. The molecule has 1 aromatic heterocycles. The number of ether oxygens (including phenoxy) is 4. The van der Waals surface area contributed by atoms with Crippen LogP contribution in [-0.2, 0) is 32.2 Å². The highest BCUT2D eigenvalue weighted by atomic mass is 16.6. The SMILES string of the molecule is Cc1cn([C@@H]2O[C@@]3(COCc4ccccc4)CCO[C@H]2[C@H]3OCc2ccccc2)c(=O)[nH]c1=O. The molecule has 2 aliphatic rings. The first-order valence-electron chi connectivity index (χ1n) is 11.4. The molecule has 1 N–H and O–H groups in total. The number of benzene rings is 2. The fraction of sp³-hybridized carbons (Fsp3) is 0.385. The van der Waals surface area contributed by atoms with E-state index in [0.717, 1.165) is 11.1 Å².